The Bertz CT molecular complexity index is 2360. The first-order valence-corrected chi connectivity index (χ1v) is 18.2. The minimum atomic E-state index is -0.589. The molecule has 0 amide bonds. The van der Waals surface area contributed by atoms with Gasteiger partial charge in [0.15, 0.2) is 17.3 Å². The van der Waals surface area contributed by atoms with Crippen LogP contribution in [-0.2, 0) is 42.2 Å². The van der Waals surface area contributed by atoms with Gasteiger partial charge in [-0.25, -0.2) is 4.98 Å². The monoisotopic (exact) mass is 884 g/mol. The molecule has 274 valence electrons. The van der Waals surface area contributed by atoms with Crippen LogP contribution in [0.15, 0.2) is 71.9 Å². The van der Waals surface area contributed by atoms with Crippen molar-refractivity contribution in [2.45, 2.75) is 105 Å². The molecule has 0 spiro atoms. The van der Waals surface area contributed by atoms with Gasteiger partial charge in [0.25, 0.3) is 0 Å². The number of benzene rings is 4. The van der Waals surface area contributed by atoms with E-state index in [-0.39, 0.29) is 31.9 Å². The molecule has 4 aromatic carbocycles. The molecule has 53 heavy (non-hydrogen) atoms. The van der Waals surface area contributed by atoms with Crippen LogP contribution in [0, 0.1) is 46.8 Å². The molecule has 2 aliphatic heterocycles. The van der Waals surface area contributed by atoms with Gasteiger partial charge >= 0.3 is 21.1 Å². The number of pyridine rings is 1. The summed E-state index contributed by atoms with van der Waals surface area (Å²) in [6.07, 6.45) is 1.79. The molecule has 0 N–H and O–H groups in total. The Kier molecular flexibility index (Phi) is 8.58. The predicted molar refractivity (Wildman–Crippen MR) is 208 cm³/mol. The smallest absolute Gasteiger partial charge is 0.510 e. The van der Waals surface area contributed by atoms with E-state index >= 15 is 0 Å². The zero-order valence-corrected chi connectivity index (χ0v) is 35.0. The first-order valence-electron chi connectivity index (χ1n) is 18.2. The van der Waals surface area contributed by atoms with Crippen LogP contribution in [0.1, 0.15) is 98.5 Å². The van der Waals surface area contributed by atoms with E-state index in [0.717, 1.165) is 39.4 Å². The summed E-state index contributed by atoms with van der Waals surface area (Å²) < 4.78 is 20.1. The number of hydrogen-bond acceptors (Lipinski definition) is 6. The van der Waals surface area contributed by atoms with E-state index < -0.39 is 11.1 Å². The molecule has 3 aliphatic rings. The van der Waals surface area contributed by atoms with Gasteiger partial charge in [0.2, 0.25) is 0 Å². The fourth-order valence-electron chi connectivity index (χ4n) is 8.61. The molecule has 2 atom stereocenters. The fourth-order valence-corrected chi connectivity index (χ4v) is 8.61. The van der Waals surface area contributed by atoms with E-state index in [4.69, 9.17) is 24.2 Å². The van der Waals surface area contributed by atoms with Gasteiger partial charge in [-0.2, -0.15) is 5.56 Å². The van der Waals surface area contributed by atoms with Crippen LogP contribution in [0.4, 0.5) is 17.2 Å². The molecule has 0 radical (unpaired) electrons. The van der Waals surface area contributed by atoms with Crippen LogP contribution in [-0.4, -0.2) is 16.5 Å². The second kappa shape index (κ2) is 12.3. The quantitative estimate of drug-likeness (QED) is 0.165. The molecular weight excluding hydrogens is 838 g/mol. The predicted octanol–water partition coefficient (Wildman–Crippen LogP) is 11.6. The van der Waals surface area contributed by atoms with Crippen LogP contribution in [0.2, 0.25) is 0 Å². The van der Waals surface area contributed by atoms with Crippen LogP contribution in [0.5, 0.6) is 23.0 Å². The Labute approximate surface area is 328 Å². The molecule has 8 rings (SSSR count). The minimum absolute atomic E-state index is 0. The maximum absolute atomic E-state index is 7.02. The molecule has 0 saturated heterocycles. The Morgan fingerprint density at radius 3 is 2.26 bits per heavy atom. The zero-order chi connectivity index (χ0) is 37.1. The third kappa shape index (κ3) is 5.54. The summed E-state index contributed by atoms with van der Waals surface area (Å²) in [4.78, 5) is 12.3. The van der Waals surface area contributed by atoms with Gasteiger partial charge in [0.1, 0.15) is 17.0 Å². The summed E-state index contributed by atoms with van der Waals surface area (Å²) in [5, 5.41) is 0. The van der Waals surface area contributed by atoms with Crippen molar-refractivity contribution in [3.05, 3.63) is 129 Å². The maximum atomic E-state index is 7.02. The summed E-state index contributed by atoms with van der Waals surface area (Å²) >= 11 is 0. The molecular formula is C46H47N3O3Pt. The normalized spacial score (nSPS) is 20.6. The van der Waals surface area contributed by atoms with Crippen LogP contribution >= 0.6 is 0 Å². The Morgan fingerprint density at radius 2 is 1.53 bits per heavy atom. The van der Waals surface area contributed by atoms with E-state index in [1.165, 1.54) is 27.8 Å². The molecule has 0 unspecified atom stereocenters. The fraction of sp³-hybridized carbons (Fsp3) is 0.348. The number of anilines is 3. The Hall–Kier alpha value is -4.41. The van der Waals surface area contributed by atoms with Crippen molar-refractivity contribution in [1.82, 2.24) is 4.98 Å². The van der Waals surface area contributed by atoms with Gasteiger partial charge in [0.05, 0.1) is 5.69 Å². The van der Waals surface area contributed by atoms with Crippen LogP contribution < -0.4 is 14.4 Å². The number of rotatable bonds is 4. The number of aryl methyl sites for hydroxylation is 5. The largest absolute Gasteiger partial charge is 2.00 e. The van der Waals surface area contributed by atoms with Crippen molar-refractivity contribution < 1.29 is 35.3 Å². The van der Waals surface area contributed by atoms with Crippen molar-refractivity contribution in [2.24, 2.45) is 4.99 Å². The van der Waals surface area contributed by atoms with Gasteiger partial charge in [0, 0.05) is 23.1 Å². The van der Waals surface area contributed by atoms with E-state index in [2.05, 4.69) is 136 Å². The minimum Gasteiger partial charge on any atom is -0.510 e. The number of aromatic nitrogens is 1. The molecule has 1 aliphatic carbocycles. The summed E-state index contributed by atoms with van der Waals surface area (Å²) in [5.74, 6) is 3.94. The van der Waals surface area contributed by atoms with E-state index in [9.17, 15) is 0 Å². The summed E-state index contributed by atoms with van der Waals surface area (Å²) in [5.41, 5.74) is 10.4. The number of nitrogens with zero attached hydrogens (tertiary/aromatic N) is 3. The summed E-state index contributed by atoms with van der Waals surface area (Å²) in [7, 11) is 0. The van der Waals surface area contributed by atoms with Gasteiger partial charge < -0.3 is 19.1 Å². The second-order valence-electron chi connectivity index (χ2n) is 16.8. The Balaban J connectivity index is 0.00000435. The van der Waals surface area contributed by atoms with E-state index in [1.807, 2.05) is 25.1 Å². The van der Waals surface area contributed by atoms with Crippen LogP contribution in [0.25, 0.3) is 0 Å². The van der Waals surface area contributed by atoms with Gasteiger partial charge in [-0.3, -0.25) is 4.99 Å². The first-order chi connectivity index (χ1) is 24.4. The molecule has 7 heteroatoms. The molecule has 0 saturated carbocycles. The van der Waals surface area contributed by atoms with Gasteiger partial charge in [-0.1, -0.05) is 102 Å². The molecule has 1 aromatic heterocycles. The topological polar surface area (TPSA) is 56.2 Å². The van der Waals surface area contributed by atoms with E-state index in [0.29, 0.717) is 29.0 Å². The first kappa shape index (κ1) is 36.9. The van der Waals surface area contributed by atoms with Crippen molar-refractivity contribution in [2.75, 3.05) is 4.90 Å². The molecule has 6 nitrogen and oxygen atoms in total. The number of fused-ring (bicyclic) bond motifs is 5. The summed E-state index contributed by atoms with van der Waals surface area (Å²) in [6, 6.07) is 28.2. The zero-order valence-electron chi connectivity index (χ0n) is 32.7. The van der Waals surface area contributed by atoms with Gasteiger partial charge in [-0.05, 0) is 79.6 Å². The maximum Gasteiger partial charge on any atom is 2.00 e. The Morgan fingerprint density at radius 1 is 0.792 bits per heavy atom. The SMILES string of the molecule is Cc1cc(Oc2[c-]c(C3=N[C@]4(C)c5cc(C)cc(C)c5C(C)(C)[C@]4(C)O3)c(C)cc2C)[c-]c(N2c3ccc(C(C)(C)C)cc3Oc3cccnc32)c1.[Pt+2]. The van der Waals surface area contributed by atoms with Crippen molar-refractivity contribution in [3.8, 4) is 23.0 Å². The molecule has 0 bridgehead atoms. The average Bonchev–Trinajstić information content (AvgIpc) is 3.41. The molecule has 3 heterocycles. The van der Waals surface area contributed by atoms with Gasteiger partial charge in [-0.15, -0.1) is 29.8 Å². The van der Waals surface area contributed by atoms with Crippen molar-refractivity contribution >= 4 is 23.1 Å². The number of hydrogen-bond donors (Lipinski definition) is 0. The molecule has 0 fully saturated rings. The third-order valence-electron chi connectivity index (χ3n) is 11.7. The third-order valence-corrected chi connectivity index (χ3v) is 11.7. The average molecular weight is 885 g/mol. The molecule has 5 aromatic rings. The second-order valence-corrected chi connectivity index (χ2v) is 16.8. The summed E-state index contributed by atoms with van der Waals surface area (Å²) in [6.45, 7) is 26.2. The van der Waals surface area contributed by atoms with E-state index in [1.54, 1.807) is 6.20 Å². The van der Waals surface area contributed by atoms with Crippen molar-refractivity contribution in [3.63, 3.8) is 0 Å². The number of aliphatic imine (C=N–C) groups is 1. The standard InChI is InChI=1S/C46H47N3O3.Pt/c1-26-18-30(5)40-35(21-26)45(11)46(12,44(40,9)10)52-42(48-45)34-25-38(29(4)22-28(34)3)50-33-20-27(2)19-32(24-33)49-36-16-15-31(43(6,7)8)23-39(36)51-37-14-13-17-47-41(37)49;/h13-23H,1-12H3;/q-2;+2/t45-,46+;/m1./s1. The van der Waals surface area contributed by atoms with Crippen LogP contribution in [0.3, 0.4) is 0 Å². The number of ether oxygens (including phenoxy) is 3. The van der Waals surface area contributed by atoms with Crippen molar-refractivity contribution in [1.29, 1.82) is 0 Å².